The zero-order valence-electron chi connectivity index (χ0n) is 68.2. The zero-order valence-corrected chi connectivity index (χ0v) is 68.2. The number of amides is 6. The van der Waals surface area contributed by atoms with E-state index in [1.807, 2.05) is 27.7 Å². The molecule has 0 spiro atoms. The van der Waals surface area contributed by atoms with E-state index < -0.39 is 71.4 Å². The first-order valence-electron chi connectivity index (χ1n) is 40.7. The number of carbonyl (C=O) groups is 10. The molecule has 2 atom stereocenters. The lowest BCUT2D eigenvalue weighted by molar-refractivity contribution is -0.139. The van der Waals surface area contributed by atoms with E-state index in [9.17, 15) is 19.2 Å². The highest BCUT2D eigenvalue weighted by Gasteiger charge is 2.47. The number of hydrogen-bond acceptors (Lipinski definition) is 18. The van der Waals surface area contributed by atoms with Crippen LogP contribution >= 0.6 is 0 Å². The van der Waals surface area contributed by atoms with Crippen LogP contribution in [-0.2, 0) is 73.4 Å². The van der Waals surface area contributed by atoms with Gasteiger partial charge in [0.2, 0.25) is 11.8 Å². The fourth-order valence-electron chi connectivity index (χ4n) is 16.0. The largest absolute Gasteiger partial charge is 0.462 e. The quantitative estimate of drug-likeness (QED) is 0.00947. The summed E-state index contributed by atoms with van der Waals surface area (Å²) in [4.78, 5) is 149. The summed E-state index contributed by atoms with van der Waals surface area (Å²) in [6, 6.07) is 31.2. The third-order valence-electron chi connectivity index (χ3n) is 22.0. The summed E-state index contributed by atoms with van der Waals surface area (Å²) in [7, 11) is 0. The molecule has 2 saturated carbocycles. The van der Waals surface area contributed by atoms with Crippen molar-refractivity contribution >= 4 is 102 Å². The van der Waals surface area contributed by atoms with Crippen LogP contribution < -0.4 is 29.6 Å². The number of imide groups is 2. The SMILES string of the molecule is C=C(C)C(=O)OCCc1ccc(Oc2cc3c4c(cc(Oc5ccc(CCOC(=O)C(=C)C)cc5)c5c6c(Oc7ccc(CCOC(=O)C(=C)C)cc7)cc7c8c(cc(Oc9ccc(CCOC(=O)C(=C)C)cc9)c(c2c45)c86)C(=O)N(C(CC(C)C)C(=O)NC2CCCCC2)C7=O)C(=O)N(C(CC(C)C)C(=O)NC2CCCCC2)C3=O)cc1. The van der Waals surface area contributed by atoms with Crippen molar-refractivity contribution in [3.63, 3.8) is 0 Å². The minimum Gasteiger partial charge on any atom is -0.462 e. The van der Waals surface area contributed by atoms with E-state index in [4.69, 9.17) is 37.9 Å². The fraction of sp³-hybridized carbons (Fsp3) is 0.354. The topological polar surface area (TPSA) is 275 Å². The molecule has 9 aromatic carbocycles. The minimum absolute atomic E-state index is 0.00396. The van der Waals surface area contributed by atoms with Crippen LogP contribution in [0, 0.1) is 11.8 Å². The summed E-state index contributed by atoms with van der Waals surface area (Å²) in [5.74, 6) is -5.90. The molecule has 9 aromatic rings. The number of rotatable bonds is 34. The zero-order chi connectivity index (χ0) is 83.9. The molecule has 612 valence electrons. The average Bonchev–Trinajstić information content (AvgIpc) is 0.670. The van der Waals surface area contributed by atoms with Crippen molar-refractivity contribution in [2.45, 2.75) is 182 Å². The van der Waals surface area contributed by atoms with Gasteiger partial charge in [-0.15, -0.1) is 0 Å². The molecular weight excluding hydrogens is 1500 g/mol. The molecule has 13 rings (SSSR count). The predicted molar refractivity (Wildman–Crippen MR) is 449 cm³/mol. The summed E-state index contributed by atoms with van der Waals surface area (Å²) >= 11 is 0. The van der Waals surface area contributed by atoms with Crippen LogP contribution in [0.5, 0.6) is 46.0 Å². The van der Waals surface area contributed by atoms with Crippen molar-refractivity contribution in [3.8, 4) is 46.0 Å². The normalized spacial score (nSPS) is 14.8. The van der Waals surface area contributed by atoms with E-state index in [0.29, 0.717) is 25.7 Å². The summed E-state index contributed by atoms with van der Waals surface area (Å²) in [5, 5.41) is 7.86. The molecule has 22 nitrogen and oxygen atoms in total. The second kappa shape index (κ2) is 36.4. The number of nitrogens with zero attached hydrogens (tertiary/aromatic N) is 2. The smallest absolute Gasteiger partial charge is 0.333 e. The summed E-state index contributed by atoms with van der Waals surface area (Å²) in [6.07, 6.45) is 9.85. The van der Waals surface area contributed by atoms with E-state index in [-0.39, 0.29) is 197 Å². The van der Waals surface area contributed by atoms with Crippen LogP contribution in [0.25, 0.3) is 43.1 Å². The van der Waals surface area contributed by atoms with Crippen LogP contribution in [0.3, 0.4) is 0 Å². The van der Waals surface area contributed by atoms with Gasteiger partial charge in [0.05, 0.1) is 48.7 Å². The van der Waals surface area contributed by atoms with Gasteiger partial charge in [-0.25, -0.2) is 19.2 Å². The van der Waals surface area contributed by atoms with Gasteiger partial charge in [-0.3, -0.25) is 38.6 Å². The first-order chi connectivity index (χ1) is 56.6. The summed E-state index contributed by atoms with van der Waals surface area (Å²) in [5.41, 5.74) is 3.85. The van der Waals surface area contributed by atoms with Crippen LogP contribution in [-0.4, -0.2) is 120 Å². The second-order valence-corrected chi connectivity index (χ2v) is 32.3. The Kier molecular flexibility index (Phi) is 25.7. The van der Waals surface area contributed by atoms with Gasteiger partial charge in [-0.05, 0) is 173 Å². The van der Waals surface area contributed by atoms with Gasteiger partial charge in [-0.2, -0.15) is 0 Å². The lowest BCUT2D eigenvalue weighted by atomic mass is 9.80. The Labute approximate surface area is 686 Å². The molecule has 0 radical (unpaired) electrons. The van der Waals surface area contributed by atoms with Gasteiger partial charge in [0, 0.05) is 103 Å². The highest BCUT2D eigenvalue weighted by molar-refractivity contribution is 6.45. The van der Waals surface area contributed by atoms with Crippen molar-refractivity contribution in [2.75, 3.05) is 26.4 Å². The van der Waals surface area contributed by atoms with Crippen molar-refractivity contribution < 1.29 is 85.8 Å². The number of esters is 4. The Morgan fingerprint density at radius 3 is 0.788 bits per heavy atom. The maximum atomic E-state index is 16.6. The number of nitrogens with one attached hydrogen (secondary N) is 2. The lowest BCUT2D eigenvalue weighted by Gasteiger charge is -2.37. The van der Waals surface area contributed by atoms with Crippen molar-refractivity contribution in [1.29, 1.82) is 0 Å². The standard InChI is InChI=1S/C96H100N4O18/c1-53(2)47-73(87(101)97-63-19-15-13-16-20-63)99-89(103)69-49-75(115-65-31-23-59(24-32-65)39-43-111-93(107)55(5)6)81-83-77(117-67-35-27-61(28-36-67)41-45-113-95(109)57(9)10)51-71-80-72(92(106)100(91(71)105)74(48-54(3)4)88(102)98-64-21-17-14-18-22-64)52-78(118-68-37-29-62(30-38-68)42-46-114-96(110)58(11)12)84(86(80)83)82-76(50-70(90(99)104)79(69)85(81)82)116-66-33-25-60(26-34-66)40-44-112-94(108)56(7)8/h23-38,49-54,63-64,73-74H,5,7,9,11,13-22,39-48H2,1-4,6,8,10,12H3,(H,97,101)(H,98,102). The highest BCUT2D eigenvalue weighted by Crippen LogP contribution is 2.58. The molecule has 22 heteroatoms. The predicted octanol–water partition coefficient (Wildman–Crippen LogP) is 18.5. The minimum atomic E-state index is -1.32. The molecule has 2 aliphatic carbocycles. The van der Waals surface area contributed by atoms with Crippen molar-refractivity contribution in [3.05, 3.63) is 214 Å². The van der Waals surface area contributed by atoms with Crippen LogP contribution in [0.2, 0.25) is 0 Å². The van der Waals surface area contributed by atoms with Crippen molar-refractivity contribution in [2.24, 2.45) is 11.8 Å². The Morgan fingerprint density at radius 1 is 0.347 bits per heavy atom. The average molecular weight is 1600 g/mol. The summed E-state index contributed by atoms with van der Waals surface area (Å²) in [6.45, 7) is 28.9. The van der Waals surface area contributed by atoms with Gasteiger partial charge in [0.25, 0.3) is 23.6 Å². The molecule has 0 bridgehead atoms. The number of ether oxygens (including phenoxy) is 8. The van der Waals surface area contributed by atoms with Crippen molar-refractivity contribution in [1.82, 2.24) is 20.4 Å². The van der Waals surface area contributed by atoms with Gasteiger partial charge in [-0.1, -0.05) is 141 Å². The molecule has 118 heavy (non-hydrogen) atoms. The summed E-state index contributed by atoms with van der Waals surface area (Å²) < 4.78 is 51.3. The first kappa shape index (κ1) is 83.5. The number of carbonyl (C=O) groups excluding carboxylic acids is 10. The van der Waals surface area contributed by atoms with E-state index in [2.05, 4.69) is 36.9 Å². The molecule has 2 fully saturated rings. The number of benzene rings is 9. The van der Waals surface area contributed by atoms with E-state index in [0.717, 1.165) is 96.3 Å². The maximum Gasteiger partial charge on any atom is 0.333 e. The molecule has 0 saturated heterocycles. The van der Waals surface area contributed by atoms with Crippen LogP contribution in [0.4, 0.5) is 0 Å². The molecule has 2 aliphatic heterocycles. The van der Waals surface area contributed by atoms with Crippen LogP contribution in [0.15, 0.2) is 170 Å². The Balaban J connectivity index is 1.14. The monoisotopic (exact) mass is 1600 g/mol. The Bertz CT molecular complexity index is 4870. The van der Waals surface area contributed by atoms with E-state index in [1.165, 1.54) is 0 Å². The third-order valence-corrected chi connectivity index (χ3v) is 22.0. The third kappa shape index (κ3) is 18.4. The molecule has 2 heterocycles. The van der Waals surface area contributed by atoms with E-state index in [1.54, 1.807) is 149 Å². The lowest BCUT2D eigenvalue weighted by Crippen LogP contribution is -2.55. The molecule has 6 amide bonds. The maximum absolute atomic E-state index is 16.6. The number of fused-ring (bicyclic) bond motifs is 2. The van der Waals surface area contributed by atoms with Gasteiger partial charge in [0.1, 0.15) is 58.1 Å². The van der Waals surface area contributed by atoms with E-state index >= 15 is 28.8 Å². The molecule has 2 N–H and O–H groups in total. The first-order valence-corrected chi connectivity index (χ1v) is 40.7. The van der Waals surface area contributed by atoms with Gasteiger partial charge >= 0.3 is 23.9 Å². The van der Waals surface area contributed by atoms with Crippen LogP contribution in [0.1, 0.15) is 196 Å². The second-order valence-electron chi connectivity index (χ2n) is 32.3. The fourth-order valence-corrected chi connectivity index (χ4v) is 16.0. The highest BCUT2D eigenvalue weighted by atomic mass is 16.5. The molecule has 2 unspecified atom stereocenters. The van der Waals surface area contributed by atoms with Gasteiger partial charge < -0.3 is 48.5 Å². The molecule has 0 aromatic heterocycles. The molecular formula is C96H100N4O18. The number of hydrogen-bond donors (Lipinski definition) is 2. The Morgan fingerprint density at radius 2 is 0.576 bits per heavy atom. The Hall–Kier alpha value is -12.5. The van der Waals surface area contributed by atoms with Gasteiger partial charge in [0.15, 0.2) is 0 Å². The molecule has 4 aliphatic rings.